The summed E-state index contributed by atoms with van der Waals surface area (Å²) in [5.41, 5.74) is 4.02. The van der Waals surface area contributed by atoms with E-state index >= 15 is 0 Å². The summed E-state index contributed by atoms with van der Waals surface area (Å²) in [5, 5.41) is 5.72. The fourth-order valence-electron chi connectivity index (χ4n) is 2.69. The van der Waals surface area contributed by atoms with Crippen molar-refractivity contribution in [3.8, 4) is 0 Å². The summed E-state index contributed by atoms with van der Waals surface area (Å²) in [7, 11) is 0. The Labute approximate surface area is 164 Å². The molecule has 5 heteroatoms. The van der Waals surface area contributed by atoms with Crippen molar-refractivity contribution in [2.75, 3.05) is 5.32 Å². The minimum Gasteiger partial charge on any atom is -0.348 e. The van der Waals surface area contributed by atoms with Gasteiger partial charge in [-0.15, -0.1) is 0 Å². The van der Waals surface area contributed by atoms with Crippen molar-refractivity contribution in [3.63, 3.8) is 0 Å². The van der Waals surface area contributed by atoms with E-state index in [9.17, 15) is 9.59 Å². The van der Waals surface area contributed by atoms with Crippen LogP contribution in [0.2, 0.25) is 0 Å². The van der Waals surface area contributed by atoms with Crippen LogP contribution >= 0.6 is 0 Å². The van der Waals surface area contributed by atoms with Gasteiger partial charge in [0.25, 0.3) is 5.91 Å². The fraction of sp³-hybridized carbons (Fsp3) is 0.0870. The van der Waals surface area contributed by atoms with Gasteiger partial charge in [-0.05, 0) is 47.9 Å². The first kappa shape index (κ1) is 19.0. The van der Waals surface area contributed by atoms with Gasteiger partial charge in [0, 0.05) is 36.3 Å². The van der Waals surface area contributed by atoms with E-state index in [1.54, 1.807) is 30.6 Å². The summed E-state index contributed by atoms with van der Waals surface area (Å²) in [6.07, 6.45) is 4.74. The zero-order valence-electron chi connectivity index (χ0n) is 15.6. The van der Waals surface area contributed by atoms with Gasteiger partial charge < -0.3 is 10.6 Å². The number of rotatable bonds is 6. The maximum atomic E-state index is 12.2. The van der Waals surface area contributed by atoms with E-state index in [1.165, 1.54) is 0 Å². The lowest BCUT2D eigenvalue weighted by atomic mass is 10.1. The van der Waals surface area contributed by atoms with Crippen LogP contribution in [-0.4, -0.2) is 16.8 Å². The SMILES string of the molecule is C/C(=C\C(=O)NCc1cccc(NC(=O)c2ccncc2)c1)c1ccccc1. The average Bonchev–Trinajstić information content (AvgIpc) is 2.74. The highest BCUT2D eigenvalue weighted by molar-refractivity contribution is 6.04. The molecule has 0 radical (unpaired) electrons. The van der Waals surface area contributed by atoms with Crippen molar-refractivity contribution in [2.45, 2.75) is 13.5 Å². The molecule has 0 aliphatic heterocycles. The lowest BCUT2D eigenvalue weighted by Gasteiger charge is -2.08. The molecule has 0 saturated carbocycles. The second-order valence-corrected chi connectivity index (χ2v) is 6.30. The Morgan fingerprint density at radius 3 is 2.43 bits per heavy atom. The van der Waals surface area contributed by atoms with Crippen molar-refractivity contribution in [1.82, 2.24) is 10.3 Å². The third-order valence-electron chi connectivity index (χ3n) is 4.17. The molecule has 0 unspecified atom stereocenters. The number of nitrogens with zero attached hydrogens (tertiary/aromatic N) is 1. The molecule has 0 bridgehead atoms. The first-order valence-electron chi connectivity index (χ1n) is 8.94. The van der Waals surface area contributed by atoms with Gasteiger partial charge in [0.1, 0.15) is 0 Å². The van der Waals surface area contributed by atoms with Crippen LogP contribution in [-0.2, 0) is 11.3 Å². The Morgan fingerprint density at radius 2 is 1.68 bits per heavy atom. The Kier molecular flexibility index (Phi) is 6.31. The molecule has 0 spiro atoms. The zero-order valence-corrected chi connectivity index (χ0v) is 15.6. The predicted octanol–water partition coefficient (Wildman–Crippen LogP) is 4.05. The minimum absolute atomic E-state index is 0.160. The van der Waals surface area contributed by atoms with E-state index in [-0.39, 0.29) is 11.8 Å². The van der Waals surface area contributed by atoms with Crippen LogP contribution in [0.25, 0.3) is 5.57 Å². The summed E-state index contributed by atoms with van der Waals surface area (Å²) < 4.78 is 0. The first-order chi connectivity index (χ1) is 13.6. The first-order valence-corrected chi connectivity index (χ1v) is 8.94. The Bertz CT molecular complexity index is 983. The number of carbonyl (C=O) groups is 2. The second-order valence-electron chi connectivity index (χ2n) is 6.30. The standard InChI is InChI=1S/C23H21N3O2/c1-17(19-7-3-2-4-8-19)14-22(27)25-16-18-6-5-9-21(15-18)26-23(28)20-10-12-24-13-11-20/h2-15H,16H2,1H3,(H,25,27)(H,26,28)/b17-14+. The van der Waals surface area contributed by atoms with E-state index in [4.69, 9.17) is 0 Å². The highest BCUT2D eigenvalue weighted by atomic mass is 16.2. The zero-order chi connectivity index (χ0) is 19.8. The highest BCUT2D eigenvalue weighted by Crippen LogP contribution is 2.14. The number of allylic oxidation sites excluding steroid dienone is 1. The molecule has 2 N–H and O–H groups in total. The Balaban J connectivity index is 1.59. The molecule has 28 heavy (non-hydrogen) atoms. The van der Waals surface area contributed by atoms with Crippen LogP contribution < -0.4 is 10.6 Å². The highest BCUT2D eigenvalue weighted by Gasteiger charge is 2.06. The van der Waals surface area contributed by atoms with Crippen molar-refractivity contribution in [2.24, 2.45) is 0 Å². The van der Waals surface area contributed by atoms with Crippen LogP contribution in [0.1, 0.15) is 28.4 Å². The van der Waals surface area contributed by atoms with Gasteiger partial charge in [-0.25, -0.2) is 0 Å². The molecule has 2 aromatic carbocycles. The van der Waals surface area contributed by atoms with Crippen molar-refractivity contribution in [1.29, 1.82) is 0 Å². The van der Waals surface area contributed by atoms with Gasteiger partial charge in [0.05, 0.1) is 0 Å². The van der Waals surface area contributed by atoms with Gasteiger partial charge in [-0.2, -0.15) is 0 Å². The smallest absolute Gasteiger partial charge is 0.255 e. The number of amides is 2. The summed E-state index contributed by atoms with van der Waals surface area (Å²) in [5.74, 6) is -0.363. The maximum Gasteiger partial charge on any atom is 0.255 e. The number of nitrogens with one attached hydrogen (secondary N) is 2. The quantitative estimate of drug-likeness (QED) is 0.642. The molecule has 3 aromatic rings. The van der Waals surface area contributed by atoms with Gasteiger partial charge in [-0.1, -0.05) is 42.5 Å². The van der Waals surface area contributed by atoms with Gasteiger partial charge in [0.15, 0.2) is 0 Å². The molecule has 5 nitrogen and oxygen atoms in total. The molecule has 2 amide bonds. The lowest BCUT2D eigenvalue weighted by molar-refractivity contribution is -0.116. The maximum absolute atomic E-state index is 12.2. The largest absolute Gasteiger partial charge is 0.348 e. The predicted molar refractivity (Wildman–Crippen MR) is 111 cm³/mol. The van der Waals surface area contributed by atoms with Gasteiger partial charge >= 0.3 is 0 Å². The van der Waals surface area contributed by atoms with Gasteiger partial charge in [-0.3, -0.25) is 14.6 Å². The molecule has 1 heterocycles. The molecule has 0 saturated heterocycles. The number of hydrogen-bond donors (Lipinski definition) is 2. The molecular formula is C23H21N3O2. The summed E-state index contributed by atoms with van der Waals surface area (Å²) in [6.45, 7) is 2.28. The number of anilines is 1. The van der Waals surface area contributed by atoms with Crippen molar-refractivity contribution in [3.05, 3.63) is 102 Å². The molecule has 3 rings (SSSR count). The van der Waals surface area contributed by atoms with Crippen LogP contribution in [0, 0.1) is 0 Å². The monoisotopic (exact) mass is 371 g/mol. The molecule has 1 aromatic heterocycles. The number of aromatic nitrogens is 1. The number of carbonyl (C=O) groups excluding carboxylic acids is 2. The average molecular weight is 371 g/mol. The fourth-order valence-corrected chi connectivity index (χ4v) is 2.69. The number of hydrogen-bond acceptors (Lipinski definition) is 3. The topological polar surface area (TPSA) is 71.1 Å². The van der Waals surface area contributed by atoms with Gasteiger partial charge in [0.2, 0.25) is 5.91 Å². The minimum atomic E-state index is -0.204. The molecule has 0 fully saturated rings. The van der Waals surface area contributed by atoms with Crippen molar-refractivity contribution >= 4 is 23.1 Å². The molecule has 140 valence electrons. The molecule has 0 aliphatic rings. The molecule has 0 aliphatic carbocycles. The van der Waals surface area contributed by atoms with E-state index in [1.807, 2.05) is 61.5 Å². The normalized spacial score (nSPS) is 11.0. The van der Waals surface area contributed by atoms with E-state index in [0.29, 0.717) is 17.8 Å². The Morgan fingerprint density at radius 1 is 0.929 bits per heavy atom. The number of pyridine rings is 1. The molecule has 0 atom stereocenters. The Hall–Kier alpha value is -3.73. The second kappa shape index (κ2) is 9.28. The molecular weight excluding hydrogens is 350 g/mol. The van der Waals surface area contributed by atoms with Crippen LogP contribution in [0.5, 0.6) is 0 Å². The van der Waals surface area contributed by atoms with Crippen LogP contribution in [0.3, 0.4) is 0 Å². The third-order valence-corrected chi connectivity index (χ3v) is 4.17. The van der Waals surface area contributed by atoms with Crippen LogP contribution in [0.4, 0.5) is 5.69 Å². The summed E-state index contributed by atoms with van der Waals surface area (Å²) >= 11 is 0. The van der Waals surface area contributed by atoms with Crippen molar-refractivity contribution < 1.29 is 9.59 Å². The van der Waals surface area contributed by atoms with E-state index in [0.717, 1.165) is 16.7 Å². The van der Waals surface area contributed by atoms with Crippen LogP contribution in [0.15, 0.2) is 85.2 Å². The summed E-state index contributed by atoms with van der Waals surface area (Å²) in [4.78, 5) is 28.3. The number of benzene rings is 2. The van der Waals surface area contributed by atoms with E-state index in [2.05, 4.69) is 15.6 Å². The summed E-state index contributed by atoms with van der Waals surface area (Å²) in [6, 6.07) is 20.5. The van der Waals surface area contributed by atoms with E-state index < -0.39 is 0 Å². The third kappa shape index (κ3) is 5.38. The lowest BCUT2D eigenvalue weighted by Crippen LogP contribution is -2.20.